The fourth-order valence-corrected chi connectivity index (χ4v) is 1.57. The van der Waals surface area contributed by atoms with E-state index >= 15 is 0 Å². The van der Waals surface area contributed by atoms with Crippen molar-refractivity contribution >= 4 is 16.6 Å². The summed E-state index contributed by atoms with van der Waals surface area (Å²) in [6, 6.07) is 7.51. The summed E-state index contributed by atoms with van der Waals surface area (Å²) < 4.78 is 4.84. The summed E-state index contributed by atoms with van der Waals surface area (Å²) in [5.41, 5.74) is 0.669. The molecule has 2 aromatic rings. The molecular weight excluding hydrogens is 190 g/mol. The Kier molecular flexibility index (Phi) is 2.74. The van der Waals surface area contributed by atoms with Gasteiger partial charge in [-0.25, -0.2) is 0 Å². The second-order valence-electron chi connectivity index (χ2n) is 3.26. The van der Waals surface area contributed by atoms with E-state index < -0.39 is 0 Å². The smallest absolute Gasteiger partial charge is 0.189 e. The van der Waals surface area contributed by atoms with Crippen molar-refractivity contribution < 1.29 is 9.53 Å². The molecule has 0 bridgehead atoms. The van der Waals surface area contributed by atoms with E-state index in [4.69, 9.17) is 4.74 Å². The lowest BCUT2D eigenvalue weighted by Gasteiger charge is -2.03. The third-order valence-corrected chi connectivity index (χ3v) is 2.26. The predicted octanol–water partition coefficient (Wildman–Crippen LogP) is 2.06. The summed E-state index contributed by atoms with van der Waals surface area (Å²) in [7, 11) is 1.52. The number of hydrogen-bond acceptors (Lipinski definition) is 3. The second kappa shape index (κ2) is 4.19. The summed E-state index contributed by atoms with van der Waals surface area (Å²) in [6.07, 6.45) is 3.42. The zero-order chi connectivity index (χ0) is 10.7. The van der Waals surface area contributed by atoms with Crippen molar-refractivity contribution in [2.45, 2.75) is 0 Å². The maximum absolute atomic E-state index is 11.7. The molecule has 1 aromatic heterocycles. The molecule has 0 fully saturated rings. The van der Waals surface area contributed by atoms with E-state index in [9.17, 15) is 4.79 Å². The Morgan fingerprint density at radius 2 is 2.27 bits per heavy atom. The third-order valence-electron chi connectivity index (χ3n) is 2.26. The molecule has 76 valence electrons. The van der Waals surface area contributed by atoms with E-state index in [0.717, 1.165) is 10.8 Å². The zero-order valence-electron chi connectivity index (χ0n) is 8.43. The second-order valence-corrected chi connectivity index (χ2v) is 3.26. The number of carbonyl (C=O) groups excluding carboxylic acids is 1. The zero-order valence-corrected chi connectivity index (χ0v) is 8.43. The maximum atomic E-state index is 11.7. The molecular formula is C12H11NO2. The Hall–Kier alpha value is -1.74. The van der Waals surface area contributed by atoms with Gasteiger partial charge in [-0.15, -0.1) is 0 Å². The van der Waals surface area contributed by atoms with Crippen molar-refractivity contribution in [2.24, 2.45) is 0 Å². The van der Waals surface area contributed by atoms with Crippen LogP contribution in [0.15, 0.2) is 36.7 Å². The Morgan fingerprint density at radius 1 is 1.40 bits per heavy atom. The topological polar surface area (TPSA) is 39.2 Å². The van der Waals surface area contributed by atoms with E-state index in [-0.39, 0.29) is 12.4 Å². The highest BCUT2D eigenvalue weighted by Gasteiger charge is 2.08. The highest BCUT2D eigenvalue weighted by atomic mass is 16.5. The predicted molar refractivity (Wildman–Crippen MR) is 57.9 cm³/mol. The lowest BCUT2D eigenvalue weighted by atomic mass is 10.0. The van der Waals surface area contributed by atoms with Gasteiger partial charge in [0, 0.05) is 30.5 Å². The number of carbonyl (C=O) groups is 1. The molecule has 3 heteroatoms. The van der Waals surface area contributed by atoms with E-state index in [0.29, 0.717) is 5.56 Å². The number of ether oxygens (including phenoxy) is 1. The number of hydrogen-bond donors (Lipinski definition) is 0. The van der Waals surface area contributed by atoms with Crippen molar-refractivity contribution in [3.63, 3.8) is 0 Å². The molecule has 0 saturated carbocycles. The highest BCUT2D eigenvalue weighted by Crippen LogP contribution is 2.17. The molecule has 2 rings (SSSR count). The Balaban J connectivity index is 2.56. The van der Waals surface area contributed by atoms with Gasteiger partial charge in [-0.1, -0.05) is 18.2 Å². The third kappa shape index (κ3) is 1.87. The molecule has 15 heavy (non-hydrogen) atoms. The van der Waals surface area contributed by atoms with Gasteiger partial charge in [-0.05, 0) is 11.5 Å². The number of rotatable bonds is 3. The van der Waals surface area contributed by atoms with E-state index in [1.165, 1.54) is 7.11 Å². The molecule has 1 aromatic carbocycles. The number of pyridine rings is 1. The van der Waals surface area contributed by atoms with Gasteiger partial charge >= 0.3 is 0 Å². The molecule has 0 N–H and O–H groups in total. The van der Waals surface area contributed by atoms with Crippen molar-refractivity contribution in [2.75, 3.05) is 13.7 Å². The monoisotopic (exact) mass is 201 g/mol. The number of fused-ring (bicyclic) bond motifs is 1. The Bertz CT molecular complexity index is 488. The molecule has 0 spiro atoms. The number of ketones is 1. The largest absolute Gasteiger partial charge is 0.377 e. The van der Waals surface area contributed by atoms with Crippen LogP contribution >= 0.6 is 0 Å². The SMILES string of the molecule is COCC(=O)c1cccc2ccncc12. The van der Waals surface area contributed by atoms with E-state index in [1.54, 1.807) is 18.5 Å². The van der Waals surface area contributed by atoms with Crippen LogP contribution in [0.4, 0.5) is 0 Å². The maximum Gasteiger partial charge on any atom is 0.189 e. The fraction of sp³-hybridized carbons (Fsp3) is 0.167. The van der Waals surface area contributed by atoms with Gasteiger partial charge in [0.1, 0.15) is 6.61 Å². The molecule has 3 nitrogen and oxygen atoms in total. The molecule has 0 aliphatic rings. The minimum Gasteiger partial charge on any atom is -0.377 e. The van der Waals surface area contributed by atoms with Crippen LogP contribution in [0.5, 0.6) is 0 Å². The molecule has 0 aliphatic heterocycles. The van der Waals surface area contributed by atoms with Gasteiger partial charge in [0.2, 0.25) is 0 Å². The highest BCUT2D eigenvalue weighted by molar-refractivity contribution is 6.08. The van der Waals surface area contributed by atoms with Crippen LogP contribution in [-0.4, -0.2) is 24.5 Å². The van der Waals surface area contributed by atoms with Crippen LogP contribution < -0.4 is 0 Å². The van der Waals surface area contributed by atoms with Crippen LogP contribution in [0.25, 0.3) is 10.8 Å². The fourth-order valence-electron chi connectivity index (χ4n) is 1.57. The van der Waals surface area contributed by atoms with Gasteiger partial charge < -0.3 is 4.74 Å². The summed E-state index contributed by atoms with van der Waals surface area (Å²) in [5, 5.41) is 1.90. The number of Topliss-reactive ketones (excluding diaryl/α,β-unsaturated/α-hetero) is 1. The molecule has 0 unspecified atom stereocenters. The number of methoxy groups -OCH3 is 1. The van der Waals surface area contributed by atoms with Crippen molar-refractivity contribution in [1.29, 1.82) is 0 Å². The summed E-state index contributed by atoms with van der Waals surface area (Å²) in [6.45, 7) is 0.105. The molecule has 1 heterocycles. The molecule has 0 amide bonds. The summed E-state index contributed by atoms with van der Waals surface area (Å²) in [4.78, 5) is 15.7. The van der Waals surface area contributed by atoms with Gasteiger partial charge in [0.05, 0.1) is 0 Å². The molecule has 0 atom stereocenters. The van der Waals surface area contributed by atoms with Crippen molar-refractivity contribution in [3.8, 4) is 0 Å². The normalized spacial score (nSPS) is 10.5. The Morgan fingerprint density at radius 3 is 3.07 bits per heavy atom. The van der Waals surface area contributed by atoms with Gasteiger partial charge in [0.15, 0.2) is 5.78 Å². The van der Waals surface area contributed by atoms with Crippen molar-refractivity contribution in [3.05, 3.63) is 42.2 Å². The van der Waals surface area contributed by atoms with Crippen LogP contribution in [0, 0.1) is 0 Å². The average molecular weight is 201 g/mol. The number of benzene rings is 1. The van der Waals surface area contributed by atoms with E-state index in [1.807, 2.05) is 18.2 Å². The number of nitrogens with zero attached hydrogens (tertiary/aromatic N) is 1. The first kappa shape index (κ1) is 9.80. The van der Waals surface area contributed by atoms with Crippen LogP contribution in [0.3, 0.4) is 0 Å². The van der Waals surface area contributed by atoms with E-state index in [2.05, 4.69) is 4.98 Å². The quantitative estimate of drug-likeness (QED) is 0.713. The molecule has 0 aliphatic carbocycles. The molecule has 0 radical (unpaired) electrons. The van der Waals surface area contributed by atoms with Crippen molar-refractivity contribution in [1.82, 2.24) is 4.98 Å². The first-order valence-corrected chi connectivity index (χ1v) is 4.68. The lowest BCUT2D eigenvalue weighted by molar-refractivity contribution is 0.0850. The van der Waals surface area contributed by atoms with Gasteiger partial charge in [-0.2, -0.15) is 0 Å². The summed E-state index contributed by atoms with van der Waals surface area (Å²) in [5.74, 6) is -0.0175. The minimum absolute atomic E-state index is 0.0175. The van der Waals surface area contributed by atoms with Crippen LogP contribution in [0.2, 0.25) is 0 Å². The van der Waals surface area contributed by atoms with Gasteiger partial charge in [-0.3, -0.25) is 9.78 Å². The first-order chi connectivity index (χ1) is 7.33. The minimum atomic E-state index is -0.0175. The number of aromatic nitrogens is 1. The van der Waals surface area contributed by atoms with Crippen LogP contribution in [-0.2, 0) is 4.74 Å². The van der Waals surface area contributed by atoms with Crippen LogP contribution in [0.1, 0.15) is 10.4 Å². The summed E-state index contributed by atoms with van der Waals surface area (Å²) >= 11 is 0. The standard InChI is InChI=1S/C12H11NO2/c1-15-8-12(14)10-4-2-3-9-5-6-13-7-11(9)10/h2-7H,8H2,1H3. The average Bonchev–Trinajstić information content (AvgIpc) is 2.28. The lowest BCUT2D eigenvalue weighted by Crippen LogP contribution is -2.07. The molecule has 0 saturated heterocycles. The first-order valence-electron chi connectivity index (χ1n) is 4.68. The van der Waals surface area contributed by atoms with Gasteiger partial charge in [0.25, 0.3) is 0 Å². The Labute approximate surface area is 87.7 Å².